The summed E-state index contributed by atoms with van der Waals surface area (Å²) in [6, 6.07) is 6.07. The summed E-state index contributed by atoms with van der Waals surface area (Å²) in [7, 11) is 0. The average Bonchev–Trinajstić information content (AvgIpc) is 2.81. The molecule has 0 spiro atoms. The maximum absolute atomic E-state index is 10.7. The molecule has 0 bridgehead atoms. The number of rotatable bonds is 3. The van der Waals surface area contributed by atoms with Crippen LogP contribution in [-0.2, 0) is 14.3 Å². The van der Waals surface area contributed by atoms with Crippen molar-refractivity contribution in [3.8, 4) is 0 Å². The van der Waals surface area contributed by atoms with Crippen molar-refractivity contribution in [1.82, 2.24) is 0 Å². The van der Waals surface area contributed by atoms with E-state index in [0.717, 1.165) is 5.56 Å². The lowest BCUT2D eigenvalue weighted by Crippen LogP contribution is -2.20. The van der Waals surface area contributed by atoms with Crippen LogP contribution in [0.5, 0.6) is 0 Å². The molecule has 1 saturated heterocycles. The van der Waals surface area contributed by atoms with Crippen molar-refractivity contribution >= 4 is 5.97 Å². The van der Waals surface area contributed by atoms with E-state index in [-0.39, 0.29) is 6.10 Å². The van der Waals surface area contributed by atoms with E-state index in [0.29, 0.717) is 19.0 Å². The summed E-state index contributed by atoms with van der Waals surface area (Å²) in [5.74, 6) is -1.03. The van der Waals surface area contributed by atoms with Crippen LogP contribution in [0.3, 0.4) is 0 Å². The average molecular weight is 223 g/mol. The van der Waals surface area contributed by atoms with Gasteiger partial charge < -0.3 is 20.3 Å². The molecular weight excluding hydrogens is 210 g/mol. The topological polar surface area (TPSA) is 81.8 Å². The summed E-state index contributed by atoms with van der Waals surface area (Å²) in [6.07, 6.45) is -0.0601. The summed E-state index contributed by atoms with van der Waals surface area (Å²) in [6.45, 7) is 0.839. The third-order valence-corrected chi connectivity index (χ3v) is 2.56. The van der Waals surface area contributed by atoms with E-state index in [9.17, 15) is 4.79 Å². The third-order valence-electron chi connectivity index (χ3n) is 2.56. The number of ether oxygens (including phenoxy) is 2. The number of nitrogens with two attached hydrogens (primary N) is 1. The van der Waals surface area contributed by atoms with Gasteiger partial charge in [-0.3, -0.25) is 4.79 Å². The zero-order valence-corrected chi connectivity index (χ0v) is 8.63. The van der Waals surface area contributed by atoms with E-state index in [1.165, 1.54) is 0 Å². The van der Waals surface area contributed by atoms with Crippen LogP contribution < -0.4 is 5.73 Å². The first-order valence-electron chi connectivity index (χ1n) is 4.96. The highest BCUT2D eigenvalue weighted by atomic mass is 16.7. The summed E-state index contributed by atoms with van der Waals surface area (Å²) in [5.41, 5.74) is 7.04. The highest BCUT2D eigenvalue weighted by Gasteiger charge is 2.19. The van der Waals surface area contributed by atoms with Gasteiger partial charge in [0, 0.05) is 0 Å². The molecule has 1 heterocycles. The van der Waals surface area contributed by atoms with Crippen LogP contribution in [-0.4, -0.2) is 24.5 Å². The van der Waals surface area contributed by atoms with Crippen LogP contribution in [0.15, 0.2) is 24.3 Å². The Morgan fingerprint density at radius 2 is 2.12 bits per heavy atom. The molecule has 0 aliphatic carbocycles. The van der Waals surface area contributed by atoms with E-state index < -0.39 is 12.0 Å². The zero-order valence-electron chi connectivity index (χ0n) is 8.63. The standard InChI is InChI=1S/C11H13NO4/c12-10(11(13)14)8-3-1-7(2-4-8)9-5-15-6-16-9/h1-4,9-10H,5-6,12H2,(H,13,14). The first-order valence-corrected chi connectivity index (χ1v) is 4.96. The lowest BCUT2D eigenvalue weighted by molar-refractivity contribution is -0.138. The first kappa shape index (κ1) is 11.1. The van der Waals surface area contributed by atoms with Crippen molar-refractivity contribution in [2.24, 2.45) is 5.73 Å². The molecule has 86 valence electrons. The second-order valence-electron chi connectivity index (χ2n) is 3.63. The van der Waals surface area contributed by atoms with E-state index in [1.54, 1.807) is 12.1 Å². The Bertz CT molecular complexity index is 370. The minimum atomic E-state index is -1.03. The number of carbonyl (C=O) groups is 1. The zero-order chi connectivity index (χ0) is 11.5. The Hall–Kier alpha value is -1.43. The normalized spacial score (nSPS) is 21.9. The van der Waals surface area contributed by atoms with Gasteiger partial charge in [-0.2, -0.15) is 0 Å². The molecule has 1 aromatic carbocycles. The summed E-state index contributed by atoms with van der Waals surface area (Å²) >= 11 is 0. The molecule has 2 unspecified atom stereocenters. The van der Waals surface area contributed by atoms with Gasteiger partial charge >= 0.3 is 5.97 Å². The monoisotopic (exact) mass is 223 g/mol. The highest BCUT2D eigenvalue weighted by molar-refractivity contribution is 5.75. The maximum atomic E-state index is 10.7. The molecular formula is C11H13NO4. The van der Waals surface area contributed by atoms with Gasteiger partial charge in [-0.05, 0) is 11.1 Å². The molecule has 2 atom stereocenters. The fourth-order valence-corrected chi connectivity index (χ4v) is 1.59. The van der Waals surface area contributed by atoms with Gasteiger partial charge in [0.15, 0.2) is 0 Å². The molecule has 1 aromatic rings. The second-order valence-corrected chi connectivity index (χ2v) is 3.63. The number of carboxylic acid groups (broad SMARTS) is 1. The molecule has 16 heavy (non-hydrogen) atoms. The first-order chi connectivity index (χ1) is 7.68. The lowest BCUT2D eigenvalue weighted by atomic mass is 10.0. The van der Waals surface area contributed by atoms with Crippen molar-refractivity contribution in [2.75, 3.05) is 13.4 Å². The van der Waals surface area contributed by atoms with Crippen LogP contribution in [0.1, 0.15) is 23.3 Å². The van der Waals surface area contributed by atoms with Crippen molar-refractivity contribution in [2.45, 2.75) is 12.1 Å². The smallest absolute Gasteiger partial charge is 0.325 e. The fraction of sp³-hybridized carbons (Fsp3) is 0.364. The van der Waals surface area contributed by atoms with Crippen LogP contribution in [0.25, 0.3) is 0 Å². The van der Waals surface area contributed by atoms with Gasteiger partial charge in [0.25, 0.3) is 0 Å². The Labute approximate surface area is 92.8 Å². The van der Waals surface area contributed by atoms with Crippen molar-refractivity contribution in [3.05, 3.63) is 35.4 Å². The largest absolute Gasteiger partial charge is 0.480 e. The molecule has 0 saturated carbocycles. The number of benzene rings is 1. The summed E-state index contributed by atoms with van der Waals surface area (Å²) in [5, 5.41) is 8.75. The van der Waals surface area contributed by atoms with Crippen molar-refractivity contribution in [1.29, 1.82) is 0 Å². The molecule has 0 amide bonds. The van der Waals surface area contributed by atoms with Gasteiger partial charge in [-0.15, -0.1) is 0 Å². The van der Waals surface area contributed by atoms with Gasteiger partial charge in [-0.25, -0.2) is 0 Å². The molecule has 0 radical (unpaired) electrons. The van der Waals surface area contributed by atoms with Crippen molar-refractivity contribution in [3.63, 3.8) is 0 Å². The number of hydrogen-bond acceptors (Lipinski definition) is 4. The molecule has 3 N–H and O–H groups in total. The van der Waals surface area contributed by atoms with Crippen LogP contribution in [0.4, 0.5) is 0 Å². The lowest BCUT2D eigenvalue weighted by Gasteiger charge is -2.10. The molecule has 1 aliphatic rings. The predicted octanol–water partition coefficient (Wildman–Crippen LogP) is 0.816. The maximum Gasteiger partial charge on any atom is 0.325 e. The van der Waals surface area contributed by atoms with Gasteiger partial charge in [-0.1, -0.05) is 24.3 Å². The number of hydrogen-bond donors (Lipinski definition) is 2. The molecule has 5 heteroatoms. The Balaban J connectivity index is 2.12. The summed E-state index contributed by atoms with van der Waals surface area (Å²) < 4.78 is 10.4. The molecule has 1 fully saturated rings. The Morgan fingerprint density at radius 1 is 1.44 bits per heavy atom. The molecule has 2 rings (SSSR count). The van der Waals surface area contributed by atoms with Crippen LogP contribution in [0, 0.1) is 0 Å². The van der Waals surface area contributed by atoms with Gasteiger partial charge in [0.2, 0.25) is 0 Å². The highest BCUT2D eigenvalue weighted by Crippen LogP contribution is 2.23. The quantitative estimate of drug-likeness (QED) is 0.792. The van der Waals surface area contributed by atoms with E-state index in [4.69, 9.17) is 20.3 Å². The SMILES string of the molecule is NC(C(=O)O)c1ccc(C2COCO2)cc1. The fourth-order valence-electron chi connectivity index (χ4n) is 1.59. The predicted molar refractivity (Wildman–Crippen MR) is 55.7 cm³/mol. The van der Waals surface area contributed by atoms with E-state index in [2.05, 4.69) is 0 Å². The minimum Gasteiger partial charge on any atom is -0.480 e. The van der Waals surface area contributed by atoms with E-state index in [1.807, 2.05) is 12.1 Å². The molecule has 0 aromatic heterocycles. The Morgan fingerprint density at radius 3 is 2.62 bits per heavy atom. The Kier molecular flexibility index (Phi) is 3.19. The van der Waals surface area contributed by atoms with Crippen LogP contribution in [0.2, 0.25) is 0 Å². The van der Waals surface area contributed by atoms with Crippen LogP contribution >= 0.6 is 0 Å². The number of aliphatic carboxylic acids is 1. The van der Waals surface area contributed by atoms with E-state index >= 15 is 0 Å². The second kappa shape index (κ2) is 4.61. The summed E-state index contributed by atoms with van der Waals surface area (Å²) in [4.78, 5) is 10.7. The minimum absolute atomic E-state index is 0.0601. The van der Waals surface area contributed by atoms with Crippen molar-refractivity contribution < 1.29 is 19.4 Å². The third kappa shape index (κ3) is 2.21. The van der Waals surface area contributed by atoms with Gasteiger partial charge in [0.1, 0.15) is 18.9 Å². The molecule has 1 aliphatic heterocycles. The molecule has 5 nitrogen and oxygen atoms in total. The van der Waals surface area contributed by atoms with Gasteiger partial charge in [0.05, 0.1) is 6.61 Å². The number of carboxylic acids is 1.